The van der Waals surface area contributed by atoms with Crippen LogP contribution in [-0.4, -0.2) is 30.9 Å². The van der Waals surface area contributed by atoms with E-state index >= 15 is 0 Å². The summed E-state index contributed by atoms with van der Waals surface area (Å²) in [6.07, 6.45) is 0. The van der Waals surface area contributed by atoms with E-state index in [0.717, 1.165) is 4.90 Å². The smallest absolute Gasteiger partial charge is 0.321 e. The minimum atomic E-state index is -0.870. The Hall–Kier alpha value is -1.49. The maximum Gasteiger partial charge on any atom is 0.321 e. The van der Waals surface area contributed by atoms with Crippen LogP contribution in [0.3, 0.4) is 0 Å². The predicted octanol–water partition coefficient (Wildman–Crippen LogP) is 2.52. The Labute approximate surface area is 117 Å². The lowest BCUT2D eigenvalue weighted by Crippen LogP contribution is -2.30. The molecule has 5 heteroatoms. The molecule has 0 saturated heterocycles. The third-order valence-corrected chi connectivity index (χ3v) is 3.41. The number of hydrogen-bond acceptors (Lipinski definition) is 5. The van der Waals surface area contributed by atoms with Crippen molar-refractivity contribution in [2.24, 2.45) is 5.92 Å². The van der Waals surface area contributed by atoms with Crippen LogP contribution in [0.4, 0.5) is 0 Å². The van der Waals surface area contributed by atoms with Crippen molar-refractivity contribution in [3.8, 4) is 0 Å². The molecule has 0 saturated carbocycles. The van der Waals surface area contributed by atoms with Crippen molar-refractivity contribution in [1.82, 2.24) is 0 Å². The molecule has 0 radical (unpaired) electrons. The Morgan fingerprint density at radius 1 is 1.05 bits per heavy atom. The highest BCUT2D eigenvalue weighted by Gasteiger charge is 2.29. The molecule has 0 atom stereocenters. The molecule has 104 valence electrons. The Bertz CT molecular complexity index is 387. The number of esters is 2. The van der Waals surface area contributed by atoms with Gasteiger partial charge in [0.2, 0.25) is 0 Å². The molecule has 0 amide bonds. The molecule has 0 fully saturated rings. The van der Waals surface area contributed by atoms with Gasteiger partial charge in [0.25, 0.3) is 0 Å². The first-order chi connectivity index (χ1) is 9.19. The van der Waals surface area contributed by atoms with Crippen LogP contribution in [0, 0.1) is 5.92 Å². The standard InChI is InChI=1S/C14H18O4S/c1-3-17-13(15)12(14(16)18-4-2)10-19-11-8-6-5-7-9-11/h5-9,12H,3-4,10H2,1-2H3. The number of thioether (sulfide) groups is 1. The second-order valence-corrected chi connectivity index (χ2v) is 4.77. The SMILES string of the molecule is CCOC(=O)C(CSc1ccccc1)C(=O)OCC. The van der Waals surface area contributed by atoms with Crippen molar-refractivity contribution in [1.29, 1.82) is 0 Å². The van der Waals surface area contributed by atoms with Gasteiger partial charge in [0, 0.05) is 10.6 Å². The van der Waals surface area contributed by atoms with E-state index in [9.17, 15) is 9.59 Å². The lowest BCUT2D eigenvalue weighted by Gasteiger charge is -2.13. The maximum absolute atomic E-state index is 11.7. The van der Waals surface area contributed by atoms with Gasteiger partial charge in [0.05, 0.1) is 13.2 Å². The van der Waals surface area contributed by atoms with E-state index in [1.54, 1.807) is 13.8 Å². The summed E-state index contributed by atoms with van der Waals surface area (Å²) in [5.41, 5.74) is 0. The summed E-state index contributed by atoms with van der Waals surface area (Å²) in [7, 11) is 0. The number of benzene rings is 1. The Balaban J connectivity index is 2.63. The molecule has 0 aromatic heterocycles. The molecule has 0 aliphatic heterocycles. The van der Waals surface area contributed by atoms with Gasteiger partial charge in [-0.05, 0) is 26.0 Å². The van der Waals surface area contributed by atoms with Crippen LogP contribution in [-0.2, 0) is 19.1 Å². The minimum absolute atomic E-state index is 0.255. The number of rotatable bonds is 7. The van der Waals surface area contributed by atoms with Gasteiger partial charge >= 0.3 is 11.9 Å². The van der Waals surface area contributed by atoms with Gasteiger partial charge in [0.1, 0.15) is 0 Å². The second-order valence-electron chi connectivity index (χ2n) is 3.68. The van der Waals surface area contributed by atoms with E-state index < -0.39 is 17.9 Å². The monoisotopic (exact) mass is 282 g/mol. The lowest BCUT2D eigenvalue weighted by molar-refractivity contribution is -0.160. The quantitative estimate of drug-likeness (QED) is 0.437. The van der Waals surface area contributed by atoms with E-state index in [2.05, 4.69) is 0 Å². The summed E-state index contributed by atoms with van der Waals surface area (Å²) in [4.78, 5) is 24.5. The summed E-state index contributed by atoms with van der Waals surface area (Å²) in [5, 5.41) is 0. The molecule has 0 heterocycles. The van der Waals surface area contributed by atoms with Crippen LogP contribution in [0.2, 0.25) is 0 Å². The largest absolute Gasteiger partial charge is 0.465 e. The topological polar surface area (TPSA) is 52.6 Å². The highest BCUT2D eigenvalue weighted by Crippen LogP contribution is 2.21. The first-order valence-corrected chi connectivity index (χ1v) is 7.18. The summed E-state index contributed by atoms with van der Waals surface area (Å²) in [5.74, 6) is -1.60. The third-order valence-electron chi connectivity index (χ3n) is 2.30. The molecule has 0 N–H and O–H groups in total. The summed E-state index contributed by atoms with van der Waals surface area (Å²) in [6.45, 7) is 3.93. The van der Waals surface area contributed by atoms with Crippen LogP contribution in [0.15, 0.2) is 35.2 Å². The molecule has 0 aliphatic carbocycles. The van der Waals surface area contributed by atoms with Gasteiger partial charge in [0.15, 0.2) is 5.92 Å². The zero-order valence-electron chi connectivity index (χ0n) is 11.1. The third kappa shape index (κ3) is 5.34. The normalized spacial score (nSPS) is 10.3. The molecule has 0 aliphatic rings. The van der Waals surface area contributed by atoms with Gasteiger partial charge in [-0.15, -0.1) is 11.8 Å². The molecule has 1 aromatic carbocycles. The van der Waals surface area contributed by atoms with Crippen molar-refractivity contribution >= 4 is 23.7 Å². The van der Waals surface area contributed by atoms with Crippen LogP contribution in [0.25, 0.3) is 0 Å². The number of carbonyl (C=O) groups excluding carboxylic acids is 2. The van der Waals surface area contributed by atoms with Crippen molar-refractivity contribution in [3.63, 3.8) is 0 Å². The molecule has 4 nitrogen and oxygen atoms in total. The number of ether oxygens (including phenoxy) is 2. The highest BCUT2D eigenvalue weighted by molar-refractivity contribution is 7.99. The van der Waals surface area contributed by atoms with Crippen LogP contribution < -0.4 is 0 Å². The van der Waals surface area contributed by atoms with Crippen LogP contribution in [0.5, 0.6) is 0 Å². The zero-order chi connectivity index (χ0) is 14.1. The summed E-state index contributed by atoms with van der Waals surface area (Å²) >= 11 is 1.44. The molecular weight excluding hydrogens is 264 g/mol. The Morgan fingerprint density at radius 3 is 2.05 bits per heavy atom. The fraction of sp³-hybridized carbons (Fsp3) is 0.429. The molecule has 0 bridgehead atoms. The first kappa shape index (κ1) is 15.6. The minimum Gasteiger partial charge on any atom is -0.465 e. The van der Waals surface area contributed by atoms with Gasteiger partial charge in [-0.2, -0.15) is 0 Å². The molecular formula is C14H18O4S. The average molecular weight is 282 g/mol. The summed E-state index contributed by atoms with van der Waals surface area (Å²) in [6, 6.07) is 9.59. The Kier molecular flexibility index (Phi) is 7.03. The average Bonchev–Trinajstić information content (AvgIpc) is 2.41. The lowest BCUT2D eigenvalue weighted by atomic mass is 10.2. The molecule has 0 spiro atoms. The van der Waals surface area contributed by atoms with E-state index in [0.29, 0.717) is 5.75 Å². The van der Waals surface area contributed by atoms with Crippen molar-refractivity contribution in [3.05, 3.63) is 30.3 Å². The van der Waals surface area contributed by atoms with Crippen molar-refractivity contribution in [2.45, 2.75) is 18.7 Å². The fourth-order valence-corrected chi connectivity index (χ4v) is 2.40. The van der Waals surface area contributed by atoms with E-state index in [1.165, 1.54) is 11.8 Å². The number of carbonyl (C=O) groups is 2. The van der Waals surface area contributed by atoms with Crippen molar-refractivity contribution in [2.75, 3.05) is 19.0 Å². The Morgan fingerprint density at radius 2 is 1.58 bits per heavy atom. The van der Waals surface area contributed by atoms with Crippen LogP contribution >= 0.6 is 11.8 Å². The second kappa shape index (κ2) is 8.58. The fourth-order valence-electron chi connectivity index (χ4n) is 1.41. The van der Waals surface area contributed by atoms with E-state index in [4.69, 9.17) is 9.47 Å². The number of hydrogen-bond donors (Lipinski definition) is 0. The van der Waals surface area contributed by atoms with Crippen LogP contribution in [0.1, 0.15) is 13.8 Å². The highest BCUT2D eigenvalue weighted by atomic mass is 32.2. The van der Waals surface area contributed by atoms with Gasteiger partial charge < -0.3 is 9.47 Å². The maximum atomic E-state index is 11.7. The van der Waals surface area contributed by atoms with E-state index in [1.807, 2.05) is 30.3 Å². The molecule has 19 heavy (non-hydrogen) atoms. The zero-order valence-corrected chi connectivity index (χ0v) is 11.9. The molecule has 0 unspecified atom stereocenters. The summed E-state index contributed by atoms with van der Waals surface area (Å²) < 4.78 is 9.81. The van der Waals surface area contributed by atoms with Crippen molar-refractivity contribution < 1.29 is 19.1 Å². The van der Waals surface area contributed by atoms with Gasteiger partial charge in [-0.1, -0.05) is 18.2 Å². The van der Waals surface area contributed by atoms with Gasteiger partial charge in [-0.3, -0.25) is 9.59 Å². The van der Waals surface area contributed by atoms with E-state index in [-0.39, 0.29) is 13.2 Å². The molecule has 1 aromatic rings. The predicted molar refractivity (Wildman–Crippen MR) is 73.9 cm³/mol. The first-order valence-electron chi connectivity index (χ1n) is 6.20. The molecule has 1 rings (SSSR count). The van der Waals surface area contributed by atoms with Gasteiger partial charge in [-0.25, -0.2) is 0 Å².